The maximum absolute atomic E-state index is 5.44. The third-order valence-electron chi connectivity index (χ3n) is 1.82. The Kier molecular flexibility index (Phi) is 3.73. The Hall–Kier alpha value is -0.900. The zero-order valence-electron chi connectivity index (χ0n) is 7.53. The second kappa shape index (κ2) is 4.87. The molecule has 0 aromatic carbocycles. The van der Waals surface area contributed by atoms with Crippen LogP contribution in [0.2, 0.25) is 0 Å². The second-order valence-corrected chi connectivity index (χ2v) is 2.83. The van der Waals surface area contributed by atoms with Gasteiger partial charge < -0.3 is 10.3 Å². The van der Waals surface area contributed by atoms with Gasteiger partial charge in [0, 0.05) is 19.5 Å². The van der Waals surface area contributed by atoms with E-state index in [9.17, 15) is 0 Å². The van der Waals surface area contributed by atoms with Gasteiger partial charge >= 0.3 is 0 Å². The Morgan fingerprint density at radius 3 is 3.08 bits per heavy atom. The summed E-state index contributed by atoms with van der Waals surface area (Å²) in [5, 5.41) is 7.88. The van der Waals surface area contributed by atoms with Crippen molar-refractivity contribution in [3.63, 3.8) is 0 Å². The van der Waals surface area contributed by atoms with Crippen LogP contribution in [-0.2, 0) is 13.0 Å². The molecule has 4 heteroatoms. The van der Waals surface area contributed by atoms with Crippen molar-refractivity contribution in [1.29, 1.82) is 0 Å². The Labute approximate surface area is 72.8 Å². The summed E-state index contributed by atoms with van der Waals surface area (Å²) >= 11 is 0. The maximum Gasteiger partial charge on any atom is 0.132 e. The summed E-state index contributed by atoms with van der Waals surface area (Å²) in [7, 11) is 0. The first-order valence-corrected chi connectivity index (χ1v) is 4.45. The molecule has 2 N–H and O–H groups in total. The third-order valence-corrected chi connectivity index (χ3v) is 1.82. The Morgan fingerprint density at radius 1 is 1.58 bits per heavy atom. The summed E-state index contributed by atoms with van der Waals surface area (Å²) in [5.74, 6) is 1.06. The number of hydrogen-bond donors (Lipinski definition) is 1. The van der Waals surface area contributed by atoms with E-state index in [-0.39, 0.29) is 0 Å². The molecule has 0 saturated heterocycles. The maximum atomic E-state index is 5.44. The molecule has 0 spiro atoms. The zero-order chi connectivity index (χ0) is 8.81. The molecule has 0 aliphatic rings. The predicted molar refractivity (Wildman–Crippen MR) is 47.7 cm³/mol. The van der Waals surface area contributed by atoms with Gasteiger partial charge in [-0.25, -0.2) is 0 Å². The first kappa shape index (κ1) is 9.19. The van der Waals surface area contributed by atoms with Crippen LogP contribution in [-0.4, -0.2) is 21.3 Å². The standard InChI is InChI=1S/C8H16N4/c1-2-3-4-8-11-10-7-12(8)6-5-9/h7H,2-6,9H2,1H3. The average molecular weight is 168 g/mol. The fourth-order valence-electron chi connectivity index (χ4n) is 1.13. The van der Waals surface area contributed by atoms with Crippen LogP contribution in [0.25, 0.3) is 0 Å². The van der Waals surface area contributed by atoms with Crippen LogP contribution in [0.5, 0.6) is 0 Å². The van der Waals surface area contributed by atoms with Crippen molar-refractivity contribution >= 4 is 0 Å². The van der Waals surface area contributed by atoms with Crippen LogP contribution >= 0.6 is 0 Å². The highest BCUT2D eigenvalue weighted by molar-refractivity contribution is 4.85. The van der Waals surface area contributed by atoms with Crippen molar-refractivity contribution in [2.45, 2.75) is 32.7 Å². The molecule has 1 rings (SSSR count). The van der Waals surface area contributed by atoms with E-state index >= 15 is 0 Å². The largest absolute Gasteiger partial charge is 0.329 e. The van der Waals surface area contributed by atoms with Crippen molar-refractivity contribution < 1.29 is 0 Å². The number of nitrogens with two attached hydrogens (primary N) is 1. The zero-order valence-corrected chi connectivity index (χ0v) is 7.53. The Morgan fingerprint density at radius 2 is 2.42 bits per heavy atom. The van der Waals surface area contributed by atoms with Crippen LogP contribution < -0.4 is 5.73 Å². The molecular weight excluding hydrogens is 152 g/mol. The van der Waals surface area contributed by atoms with Gasteiger partial charge in [0.1, 0.15) is 12.2 Å². The first-order chi connectivity index (χ1) is 5.88. The monoisotopic (exact) mass is 168 g/mol. The Balaban J connectivity index is 2.51. The van der Waals surface area contributed by atoms with Gasteiger partial charge in [-0.05, 0) is 6.42 Å². The van der Waals surface area contributed by atoms with Gasteiger partial charge in [0.25, 0.3) is 0 Å². The number of aryl methyl sites for hydroxylation is 1. The molecule has 0 aliphatic carbocycles. The highest BCUT2D eigenvalue weighted by atomic mass is 15.3. The first-order valence-electron chi connectivity index (χ1n) is 4.45. The summed E-state index contributed by atoms with van der Waals surface area (Å²) in [6.07, 6.45) is 5.12. The highest BCUT2D eigenvalue weighted by Crippen LogP contribution is 2.00. The van der Waals surface area contributed by atoms with Crippen LogP contribution in [0.3, 0.4) is 0 Å². The Bertz CT molecular complexity index is 219. The molecular formula is C8H16N4. The number of aromatic nitrogens is 3. The highest BCUT2D eigenvalue weighted by Gasteiger charge is 2.01. The molecule has 0 amide bonds. The van der Waals surface area contributed by atoms with E-state index in [1.807, 2.05) is 4.57 Å². The van der Waals surface area contributed by atoms with Gasteiger partial charge in [0.15, 0.2) is 0 Å². The third kappa shape index (κ3) is 2.30. The molecule has 0 radical (unpaired) electrons. The summed E-state index contributed by atoms with van der Waals surface area (Å²) in [6, 6.07) is 0. The van der Waals surface area contributed by atoms with E-state index in [1.54, 1.807) is 6.33 Å². The molecule has 0 bridgehead atoms. The minimum atomic E-state index is 0.650. The van der Waals surface area contributed by atoms with Crippen LogP contribution in [0, 0.1) is 0 Å². The topological polar surface area (TPSA) is 56.7 Å². The molecule has 1 aromatic rings. The van der Waals surface area contributed by atoms with Gasteiger partial charge in [-0.15, -0.1) is 10.2 Å². The van der Waals surface area contributed by atoms with Crippen molar-refractivity contribution in [2.24, 2.45) is 5.73 Å². The van der Waals surface area contributed by atoms with Gasteiger partial charge in [0.2, 0.25) is 0 Å². The van der Waals surface area contributed by atoms with Crippen LogP contribution in [0.15, 0.2) is 6.33 Å². The molecule has 0 aliphatic heterocycles. The molecule has 0 unspecified atom stereocenters. The fraction of sp³-hybridized carbons (Fsp3) is 0.750. The van der Waals surface area contributed by atoms with E-state index in [0.29, 0.717) is 6.54 Å². The predicted octanol–water partition coefficient (Wildman–Crippen LogP) is 0.579. The van der Waals surface area contributed by atoms with Crippen molar-refractivity contribution in [1.82, 2.24) is 14.8 Å². The molecule has 0 fully saturated rings. The second-order valence-electron chi connectivity index (χ2n) is 2.83. The molecule has 1 aromatic heterocycles. The van der Waals surface area contributed by atoms with Crippen molar-refractivity contribution in [2.75, 3.05) is 6.54 Å². The van der Waals surface area contributed by atoms with E-state index in [0.717, 1.165) is 18.8 Å². The lowest BCUT2D eigenvalue weighted by Gasteiger charge is -2.02. The summed E-state index contributed by atoms with van der Waals surface area (Å²) < 4.78 is 2.02. The molecule has 0 atom stereocenters. The average Bonchev–Trinajstić information content (AvgIpc) is 2.50. The van der Waals surface area contributed by atoms with Crippen molar-refractivity contribution in [3.05, 3.63) is 12.2 Å². The summed E-state index contributed by atoms with van der Waals surface area (Å²) in [6.45, 7) is 3.65. The lowest BCUT2D eigenvalue weighted by molar-refractivity contribution is 0.637. The van der Waals surface area contributed by atoms with Gasteiger partial charge in [-0.1, -0.05) is 13.3 Å². The minimum Gasteiger partial charge on any atom is -0.329 e. The van der Waals surface area contributed by atoms with Gasteiger partial charge in [0.05, 0.1) is 0 Å². The van der Waals surface area contributed by atoms with Crippen LogP contribution in [0.4, 0.5) is 0 Å². The summed E-state index contributed by atoms with van der Waals surface area (Å²) in [4.78, 5) is 0. The smallest absolute Gasteiger partial charge is 0.132 e. The lowest BCUT2D eigenvalue weighted by Crippen LogP contribution is -2.11. The van der Waals surface area contributed by atoms with E-state index in [2.05, 4.69) is 17.1 Å². The molecule has 1 heterocycles. The van der Waals surface area contributed by atoms with Crippen molar-refractivity contribution in [3.8, 4) is 0 Å². The molecule has 12 heavy (non-hydrogen) atoms. The van der Waals surface area contributed by atoms with Gasteiger partial charge in [-0.3, -0.25) is 0 Å². The minimum absolute atomic E-state index is 0.650. The van der Waals surface area contributed by atoms with Gasteiger partial charge in [-0.2, -0.15) is 0 Å². The lowest BCUT2D eigenvalue weighted by atomic mass is 10.2. The SMILES string of the molecule is CCCCc1nncn1CCN. The van der Waals surface area contributed by atoms with E-state index < -0.39 is 0 Å². The number of rotatable bonds is 5. The normalized spacial score (nSPS) is 10.5. The molecule has 4 nitrogen and oxygen atoms in total. The fourth-order valence-corrected chi connectivity index (χ4v) is 1.13. The number of unbranched alkanes of at least 4 members (excludes halogenated alkanes) is 1. The van der Waals surface area contributed by atoms with E-state index in [1.165, 1.54) is 12.8 Å². The number of nitrogens with zero attached hydrogens (tertiary/aromatic N) is 3. The number of hydrogen-bond acceptors (Lipinski definition) is 3. The van der Waals surface area contributed by atoms with E-state index in [4.69, 9.17) is 5.73 Å². The quantitative estimate of drug-likeness (QED) is 0.699. The molecule has 68 valence electrons. The molecule has 0 saturated carbocycles. The summed E-state index contributed by atoms with van der Waals surface area (Å²) in [5.41, 5.74) is 5.44. The van der Waals surface area contributed by atoms with Crippen LogP contribution in [0.1, 0.15) is 25.6 Å².